The number of rotatable bonds is 2. The molecule has 0 radical (unpaired) electrons. The van der Waals surface area contributed by atoms with Crippen molar-refractivity contribution in [1.29, 1.82) is 0 Å². The number of nitrogen functional groups attached to an aromatic ring is 1. The van der Waals surface area contributed by atoms with Gasteiger partial charge in [-0.15, -0.1) is 0 Å². The summed E-state index contributed by atoms with van der Waals surface area (Å²) in [6.45, 7) is 1.93. The Morgan fingerprint density at radius 2 is 1.76 bits per heavy atom. The van der Waals surface area contributed by atoms with Crippen molar-refractivity contribution in [3.05, 3.63) is 60.3 Å². The molecule has 0 atom stereocenters. The lowest BCUT2D eigenvalue weighted by Crippen LogP contribution is -2.29. The first kappa shape index (κ1) is 13.1. The van der Waals surface area contributed by atoms with E-state index >= 15 is 0 Å². The van der Waals surface area contributed by atoms with E-state index in [9.17, 15) is 5.21 Å². The van der Waals surface area contributed by atoms with Gasteiger partial charge in [-0.1, -0.05) is 24.3 Å². The first-order valence-corrected chi connectivity index (χ1v) is 6.56. The highest BCUT2D eigenvalue weighted by atomic mass is 16.5. The van der Waals surface area contributed by atoms with Gasteiger partial charge in [0.05, 0.1) is 5.11 Å². The van der Waals surface area contributed by atoms with Crippen molar-refractivity contribution >= 4 is 28.0 Å². The van der Waals surface area contributed by atoms with Gasteiger partial charge in [-0.25, -0.2) is 0 Å². The number of azo groups is 1. The van der Waals surface area contributed by atoms with Crippen LogP contribution in [0.4, 0.5) is 17.2 Å². The molecule has 0 aliphatic rings. The van der Waals surface area contributed by atoms with Crippen LogP contribution in [0.3, 0.4) is 0 Å². The molecule has 2 aromatic carbocycles. The quantitative estimate of drug-likeness (QED) is 0.325. The largest absolute Gasteiger partial charge is 0.398 e. The molecule has 0 spiro atoms. The molecular weight excluding hydrogens is 264 g/mol. The fraction of sp³-hybridized carbons (Fsp3) is 0.0625. The smallest absolute Gasteiger partial charge is 0.388 e. The number of hydrogen-bond donors (Lipinski definition) is 2. The lowest BCUT2D eigenvalue weighted by Gasteiger charge is -2.02. The molecule has 0 saturated carbocycles. The molecule has 21 heavy (non-hydrogen) atoms. The molecule has 3 aromatic rings. The van der Waals surface area contributed by atoms with Gasteiger partial charge in [-0.2, -0.15) is 0 Å². The molecule has 3 rings (SSSR count). The van der Waals surface area contributed by atoms with Gasteiger partial charge in [0.15, 0.2) is 0 Å². The number of nitrogens with zero attached hydrogens (tertiary/aromatic N) is 3. The van der Waals surface area contributed by atoms with E-state index < -0.39 is 0 Å². The van der Waals surface area contributed by atoms with Crippen LogP contribution in [0.15, 0.2) is 65.0 Å². The molecule has 1 aromatic heterocycles. The Balaban J connectivity index is 2.08. The van der Waals surface area contributed by atoms with Gasteiger partial charge in [0.2, 0.25) is 0 Å². The lowest BCUT2D eigenvalue weighted by molar-refractivity contribution is -0.894. The molecule has 0 bridgehead atoms. The van der Waals surface area contributed by atoms with E-state index in [2.05, 4.69) is 10.2 Å². The van der Waals surface area contributed by atoms with Crippen LogP contribution in [-0.4, -0.2) is 5.21 Å². The summed E-state index contributed by atoms with van der Waals surface area (Å²) in [5.74, 6) is 0.371. The Bertz CT molecular complexity index is 843. The predicted molar refractivity (Wildman–Crippen MR) is 81.1 cm³/mol. The molecular formula is C16H15N4O+. The van der Waals surface area contributed by atoms with E-state index in [4.69, 9.17) is 5.73 Å². The van der Waals surface area contributed by atoms with E-state index in [0.717, 1.165) is 21.1 Å². The first-order valence-electron chi connectivity index (χ1n) is 6.56. The second-order valence-electron chi connectivity index (χ2n) is 4.83. The van der Waals surface area contributed by atoms with Crippen molar-refractivity contribution < 1.29 is 9.94 Å². The highest BCUT2D eigenvalue weighted by molar-refractivity contribution is 5.99. The molecule has 3 N–H and O–H groups in total. The van der Waals surface area contributed by atoms with E-state index in [1.807, 2.05) is 37.3 Å². The summed E-state index contributed by atoms with van der Waals surface area (Å²) in [6, 6.07) is 14.9. The monoisotopic (exact) mass is 279 g/mol. The first-order chi connectivity index (χ1) is 10.1. The Morgan fingerprint density at radius 1 is 1.00 bits per heavy atom. The molecule has 0 aliphatic heterocycles. The summed E-state index contributed by atoms with van der Waals surface area (Å²) < 4.78 is 0.940. The number of aryl methyl sites for hydroxylation is 1. The van der Waals surface area contributed by atoms with Gasteiger partial charge in [0.1, 0.15) is 11.9 Å². The third-order valence-electron chi connectivity index (χ3n) is 3.27. The number of pyridine rings is 1. The molecule has 1 heterocycles. The number of nitrogens with two attached hydrogens (primary N) is 1. The van der Waals surface area contributed by atoms with E-state index in [1.54, 1.807) is 18.2 Å². The topological polar surface area (TPSA) is 74.8 Å². The van der Waals surface area contributed by atoms with Crippen molar-refractivity contribution in [2.24, 2.45) is 10.2 Å². The standard InChI is InChI=1S/C16H14N4O/c1-11-8-9-20(21)16(10-11)19-18-15-7-6-14(17)12-4-2-3-5-13(12)15/h2-10,17,21H,1H3/p+1. The Hall–Kier alpha value is -2.95. The number of benzene rings is 2. The van der Waals surface area contributed by atoms with Gasteiger partial charge in [-0.05, 0) is 40.5 Å². The van der Waals surface area contributed by atoms with E-state index in [1.165, 1.54) is 6.20 Å². The SMILES string of the molecule is Cc1cc[n+](O)c(N=Nc2ccc(N)c3ccccc23)c1. The van der Waals surface area contributed by atoms with Gasteiger partial charge in [0, 0.05) is 22.5 Å². The molecule has 0 saturated heterocycles. The molecule has 0 unspecified atom stereocenters. The number of hydrogen-bond acceptors (Lipinski definition) is 4. The summed E-state index contributed by atoms with van der Waals surface area (Å²) in [6.07, 6.45) is 1.53. The maximum atomic E-state index is 9.71. The van der Waals surface area contributed by atoms with Crippen molar-refractivity contribution in [2.75, 3.05) is 5.73 Å². The molecule has 104 valence electrons. The van der Waals surface area contributed by atoms with Gasteiger partial charge >= 0.3 is 5.82 Å². The fourth-order valence-electron chi connectivity index (χ4n) is 2.16. The second-order valence-corrected chi connectivity index (χ2v) is 4.83. The summed E-state index contributed by atoms with van der Waals surface area (Å²) in [4.78, 5) is 0. The number of aromatic nitrogens is 1. The van der Waals surface area contributed by atoms with Crippen LogP contribution in [0.1, 0.15) is 5.56 Å². The zero-order valence-electron chi connectivity index (χ0n) is 11.6. The normalized spacial score (nSPS) is 11.3. The molecule has 5 heteroatoms. The minimum absolute atomic E-state index is 0.371. The Morgan fingerprint density at radius 3 is 2.57 bits per heavy atom. The Kier molecular flexibility index (Phi) is 3.23. The van der Waals surface area contributed by atoms with Crippen LogP contribution >= 0.6 is 0 Å². The van der Waals surface area contributed by atoms with Crippen LogP contribution in [0.2, 0.25) is 0 Å². The molecule has 0 fully saturated rings. The fourth-order valence-corrected chi connectivity index (χ4v) is 2.16. The molecule has 0 aliphatic carbocycles. The predicted octanol–water partition coefficient (Wildman–Crippen LogP) is 3.67. The second kappa shape index (κ2) is 5.20. The van der Waals surface area contributed by atoms with Crippen molar-refractivity contribution in [3.63, 3.8) is 0 Å². The van der Waals surface area contributed by atoms with Gasteiger partial charge < -0.3 is 10.9 Å². The van der Waals surface area contributed by atoms with Gasteiger partial charge in [-0.3, -0.25) is 0 Å². The van der Waals surface area contributed by atoms with Crippen molar-refractivity contribution in [1.82, 2.24) is 0 Å². The van der Waals surface area contributed by atoms with Crippen LogP contribution in [-0.2, 0) is 0 Å². The van der Waals surface area contributed by atoms with Crippen LogP contribution in [0.25, 0.3) is 10.8 Å². The van der Waals surface area contributed by atoms with E-state index in [0.29, 0.717) is 17.2 Å². The van der Waals surface area contributed by atoms with E-state index in [-0.39, 0.29) is 0 Å². The van der Waals surface area contributed by atoms with Crippen molar-refractivity contribution in [2.45, 2.75) is 6.92 Å². The van der Waals surface area contributed by atoms with Gasteiger partial charge in [0.25, 0.3) is 0 Å². The average Bonchev–Trinajstić information content (AvgIpc) is 2.50. The highest BCUT2D eigenvalue weighted by Crippen LogP contribution is 2.30. The maximum absolute atomic E-state index is 9.71. The van der Waals surface area contributed by atoms with Crippen LogP contribution < -0.4 is 10.5 Å². The molecule has 0 amide bonds. The summed E-state index contributed by atoms with van der Waals surface area (Å²) in [5, 5.41) is 19.9. The summed E-state index contributed by atoms with van der Waals surface area (Å²) in [7, 11) is 0. The zero-order chi connectivity index (χ0) is 14.8. The summed E-state index contributed by atoms with van der Waals surface area (Å²) in [5.41, 5.74) is 8.37. The minimum Gasteiger partial charge on any atom is -0.398 e. The highest BCUT2D eigenvalue weighted by Gasteiger charge is 2.10. The zero-order valence-corrected chi connectivity index (χ0v) is 11.6. The summed E-state index contributed by atoms with van der Waals surface area (Å²) >= 11 is 0. The number of anilines is 1. The lowest BCUT2D eigenvalue weighted by atomic mass is 10.1. The van der Waals surface area contributed by atoms with Crippen molar-refractivity contribution in [3.8, 4) is 0 Å². The van der Waals surface area contributed by atoms with Crippen LogP contribution in [0.5, 0.6) is 0 Å². The van der Waals surface area contributed by atoms with Crippen LogP contribution in [0, 0.1) is 6.92 Å². The minimum atomic E-state index is 0.371. The average molecular weight is 279 g/mol. The molecule has 5 nitrogen and oxygen atoms in total. The Labute approximate surface area is 121 Å². The number of fused-ring (bicyclic) bond motifs is 1. The third-order valence-corrected chi connectivity index (χ3v) is 3.27. The maximum Gasteiger partial charge on any atom is 0.388 e. The third kappa shape index (κ3) is 2.53.